The first-order valence-electron chi connectivity index (χ1n) is 9.67. The summed E-state index contributed by atoms with van der Waals surface area (Å²) >= 11 is 1.88. The maximum atomic E-state index is 5.43. The largest absolute Gasteiger partial charge is 0.497 e. The molecule has 0 amide bonds. The molecule has 2 N–H and O–H groups in total. The van der Waals surface area contributed by atoms with Crippen molar-refractivity contribution in [3.63, 3.8) is 0 Å². The average Bonchev–Trinajstić information content (AvgIpc) is 3.20. The summed E-state index contributed by atoms with van der Waals surface area (Å²) in [5.74, 6) is 3.01. The fraction of sp³-hybridized carbons (Fsp3) is 0.650. The number of benzene rings is 1. The summed E-state index contributed by atoms with van der Waals surface area (Å²) in [6, 6.07) is 8.73. The van der Waals surface area contributed by atoms with E-state index in [9.17, 15) is 0 Å². The summed E-state index contributed by atoms with van der Waals surface area (Å²) in [7, 11) is 1.73. The van der Waals surface area contributed by atoms with Gasteiger partial charge >= 0.3 is 0 Å². The number of nitrogens with zero attached hydrogens (tertiary/aromatic N) is 2. The summed E-state index contributed by atoms with van der Waals surface area (Å²) < 4.78 is 5.43. The first kappa shape index (κ1) is 20.9. The monoisotopic (exact) mass is 378 g/mol. The predicted molar refractivity (Wildman–Crippen MR) is 114 cm³/mol. The Balaban J connectivity index is 2.08. The molecule has 0 saturated carbocycles. The Bertz CT molecular complexity index is 546. The van der Waals surface area contributed by atoms with Crippen LogP contribution in [0, 0.1) is 0 Å². The van der Waals surface area contributed by atoms with Crippen molar-refractivity contribution in [2.75, 3.05) is 51.8 Å². The zero-order valence-corrected chi connectivity index (χ0v) is 17.3. The summed E-state index contributed by atoms with van der Waals surface area (Å²) in [6.45, 7) is 7.00. The van der Waals surface area contributed by atoms with Gasteiger partial charge < -0.3 is 15.4 Å². The van der Waals surface area contributed by atoms with Gasteiger partial charge in [0.05, 0.1) is 19.7 Å². The minimum atomic E-state index is 0.300. The van der Waals surface area contributed by atoms with E-state index < -0.39 is 0 Å². The summed E-state index contributed by atoms with van der Waals surface area (Å²) in [5, 5.41) is 6.83. The molecule has 1 aromatic carbocycles. The predicted octanol–water partition coefficient (Wildman–Crippen LogP) is 3.14. The molecule has 1 heterocycles. The standard InChI is InChI=1S/C20H34N4OS/c1-4-21-20(22-11-8-14-26-3)23-16-19(24-12-5-6-13-24)17-9-7-10-18(15-17)25-2/h7,9-10,15,19H,4-6,8,11-14,16H2,1-3H3,(H2,21,22,23). The first-order valence-corrected chi connectivity index (χ1v) is 11.1. The number of thioether (sulfide) groups is 1. The molecule has 26 heavy (non-hydrogen) atoms. The van der Waals surface area contributed by atoms with Gasteiger partial charge in [0, 0.05) is 13.1 Å². The van der Waals surface area contributed by atoms with Crippen LogP contribution in [0.1, 0.15) is 37.8 Å². The van der Waals surface area contributed by atoms with Crippen LogP contribution in [0.5, 0.6) is 5.75 Å². The van der Waals surface area contributed by atoms with Crippen LogP contribution in [-0.4, -0.2) is 62.7 Å². The molecule has 1 unspecified atom stereocenters. The third kappa shape index (κ3) is 6.72. The molecule has 1 aliphatic heterocycles. The highest BCUT2D eigenvalue weighted by Gasteiger charge is 2.23. The Kier molecular flexibility index (Phi) is 9.71. The second-order valence-electron chi connectivity index (χ2n) is 6.53. The van der Waals surface area contributed by atoms with Crippen LogP contribution in [0.25, 0.3) is 0 Å². The lowest BCUT2D eigenvalue weighted by Crippen LogP contribution is -2.39. The van der Waals surface area contributed by atoms with Crippen LogP contribution in [-0.2, 0) is 0 Å². The number of guanidine groups is 1. The SMILES string of the molecule is CCNC(=NCC(c1cccc(OC)c1)N1CCCC1)NCCCSC. The lowest BCUT2D eigenvalue weighted by Gasteiger charge is -2.27. The van der Waals surface area contributed by atoms with Crippen molar-refractivity contribution in [2.24, 2.45) is 4.99 Å². The minimum absolute atomic E-state index is 0.300. The van der Waals surface area contributed by atoms with Crippen LogP contribution >= 0.6 is 11.8 Å². The number of methoxy groups -OCH3 is 1. The number of nitrogens with one attached hydrogen (secondary N) is 2. The third-order valence-corrected chi connectivity index (χ3v) is 5.34. The van der Waals surface area contributed by atoms with Crippen molar-refractivity contribution in [2.45, 2.75) is 32.2 Å². The number of hydrogen-bond donors (Lipinski definition) is 2. The molecular weight excluding hydrogens is 344 g/mol. The van der Waals surface area contributed by atoms with Crippen molar-refractivity contribution < 1.29 is 4.74 Å². The van der Waals surface area contributed by atoms with E-state index in [0.717, 1.165) is 50.9 Å². The lowest BCUT2D eigenvalue weighted by molar-refractivity contribution is 0.251. The number of ether oxygens (including phenoxy) is 1. The third-order valence-electron chi connectivity index (χ3n) is 4.64. The maximum Gasteiger partial charge on any atom is 0.191 e. The quantitative estimate of drug-likeness (QED) is 0.372. The molecule has 146 valence electrons. The van der Waals surface area contributed by atoms with Crippen LogP contribution in [0.15, 0.2) is 29.3 Å². The Hall–Kier alpha value is -1.40. The molecule has 6 heteroatoms. The Morgan fingerprint density at radius 3 is 2.81 bits per heavy atom. The van der Waals surface area contributed by atoms with Gasteiger partial charge in [0.2, 0.25) is 0 Å². The van der Waals surface area contributed by atoms with Gasteiger partial charge in [-0.1, -0.05) is 12.1 Å². The second-order valence-corrected chi connectivity index (χ2v) is 7.51. The fourth-order valence-corrected chi connectivity index (χ4v) is 3.71. The van der Waals surface area contributed by atoms with Gasteiger partial charge in [-0.25, -0.2) is 0 Å². The van der Waals surface area contributed by atoms with E-state index in [0.29, 0.717) is 6.04 Å². The molecule has 1 saturated heterocycles. The Morgan fingerprint density at radius 2 is 2.12 bits per heavy atom. The van der Waals surface area contributed by atoms with Crippen LogP contribution in [0.4, 0.5) is 0 Å². The van der Waals surface area contributed by atoms with Crippen molar-refractivity contribution in [1.29, 1.82) is 0 Å². The fourth-order valence-electron chi connectivity index (χ4n) is 3.28. The van der Waals surface area contributed by atoms with E-state index in [4.69, 9.17) is 9.73 Å². The van der Waals surface area contributed by atoms with E-state index in [2.05, 4.69) is 46.9 Å². The highest BCUT2D eigenvalue weighted by Crippen LogP contribution is 2.27. The Labute approximate surface area is 163 Å². The van der Waals surface area contributed by atoms with Gasteiger partial charge in [0.15, 0.2) is 5.96 Å². The number of aliphatic imine (C=N–C) groups is 1. The van der Waals surface area contributed by atoms with E-state index in [-0.39, 0.29) is 0 Å². The topological polar surface area (TPSA) is 48.9 Å². The summed E-state index contributed by atoms with van der Waals surface area (Å²) in [5.41, 5.74) is 1.29. The number of hydrogen-bond acceptors (Lipinski definition) is 4. The van der Waals surface area contributed by atoms with Crippen molar-refractivity contribution in [3.05, 3.63) is 29.8 Å². The van der Waals surface area contributed by atoms with Gasteiger partial charge in [-0.05, 0) is 69.0 Å². The molecule has 2 rings (SSSR count). The second kappa shape index (κ2) is 12.1. The van der Waals surface area contributed by atoms with E-state index >= 15 is 0 Å². The van der Waals surface area contributed by atoms with Gasteiger partial charge in [-0.3, -0.25) is 9.89 Å². The van der Waals surface area contributed by atoms with Crippen LogP contribution in [0.2, 0.25) is 0 Å². The lowest BCUT2D eigenvalue weighted by atomic mass is 10.1. The molecular formula is C20H34N4OS. The molecule has 1 fully saturated rings. The first-order chi connectivity index (χ1) is 12.8. The van der Waals surface area contributed by atoms with Crippen LogP contribution in [0.3, 0.4) is 0 Å². The highest BCUT2D eigenvalue weighted by atomic mass is 32.2. The van der Waals surface area contributed by atoms with E-state index in [1.807, 2.05) is 17.8 Å². The zero-order chi connectivity index (χ0) is 18.6. The van der Waals surface area contributed by atoms with Gasteiger partial charge in [0.1, 0.15) is 5.75 Å². The minimum Gasteiger partial charge on any atom is -0.497 e. The number of rotatable bonds is 10. The highest BCUT2D eigenvalue weighted by molar-refractivity contribution is 7.98. The van der Waals surface area contributed by atoms with E-state index in [1.54, 1.807) is 7.11 Å². The molecule has 0 radical (unpaired) electrons. The van der Waals surface area contributed by atoms with Crippen LogP contribution < -0.4 is 15.4 Å². The molecule has 0 spiro atoms. The molecule has 0 bridgehead atoms. The van der Waals surface area contributed by atoms with E-state index in [1.165, 1.54) is 24.2 Å². The molecule has 5 nitrogen and oxygen atoms in total. The summed E-state index contributed by atoms with van der Waals surface area (Å²) in [4.78, 5) is 7.44. The maximum absolute atomic E-state index is 5.43. The molecule has 0 aromatic heterocycles. The van der Waals surface area contributed by atoms with Crippen molar-refractivity contribution >= 4 is 17.7 Å². The zero-order valence-electron chi connectivity index (χ0n) is 16.5. The Morgan fingerprint density at radius 1 is 1.31 bits per heavy atom. The molecule has 0 aliphatic carbocycles. The average molecular weight is 379 g/mol. The van der Waals surface area contributed by atoms with Crippen molar-refractivity contribution in [1.82, 2.24) is 15.5 Å². The van der Waals surface area contributed by atoms with Crippen molar-refractivity contribution in [3.8, 4) is 5.75 Å². The molecule has 1 aliphatic rings. The molecule has 1 aromatic rings. The van der Waals surface area contributed by atoms with Gasteiger partial charge in [-0.15, -0.1) is 0 Å². The summed E-state index contributed by atoms with van der Waals surface area (Å²) in [6.07, 6.45) is 5.85. The smallest absolute Gasteiger partial charge is 0.191 e. The number of likely N-dealkylation sites (tertiary alicyclic amines) is 1. The normalized spacial score (nSPS) is 16.5. The molecule has 1 atom stereocenters. The van der Waals surface area contributed by atoms with Gasteiger partial charge in [-0.2, -0.15) is 11.8 Å². The van der Waals surface area contributed by atoms with Gasteiger partial charge in [0.25, 0.3) is 0 Å².